The Morgan fingerprint density at radius 2 is 1.72 bits per heavy atom. The molecule has 0 atom stereocenters. The Labute approximate surface area is 105 Å². The van der Waals surface area contributed by atoms with E-state index in [1.54, 1.807) is 0 Å². The van der Waals surface area contributed by atoms with Crippen molar-refractivity contribution >= 4 is 31.3 Å². The van der Waals surface area contributed by atoms with Crippen LogP contribution in [0, 0.1) is 0 Å². The van der Waals surface area contributed by atoms with Gasteiger partial charge in [0.2, 0.25) is 14.8 Å². The second-order valence-corrected chi connectivity index (χ2v) is 7.01. The molecule has 1 aromatic carbocycles. The molecule has 0 radical (unpaired) electrons. The first-order valence-corrected chi connectivity index (χ1v) is 7.32. The normalized spacial score (nSPS) is 12.2. The molecule has 1 rings (SSSR count). The lowest BCUT2D eigenvalue weighted by atomic mass is 10.3. The van der Waals surface area contributed by atoms with E-state index in [4.69, 9.17) is 0 Å². The Morgan fingerprint density at radius 1 is 1.22 bits per heavy atom. The Bertz CT molecular complexity index is 537. The molecule has 1 aromatic rings. The minimum Gasteiger partial charge on any atom is -0.326 e. The molecule has 100 valence electrons. The fraction of sp³-hybridized carbons (Fsp3) is 0.222. The number of rotatable bonds is 3. The van der Waals surface area contributed by atoms with Gasteiger partial charge < -0.3 is 5.32 Å². The van der Waals surface area contributed by atoms with Crippen LogP contribution in [0.4, 0.5) is 18.9 Å². The zero-order valence-electron chi connectivity index (χ0n) is 8.98. The van der Waals surface area contributed by atoms with Crippen molar-refractivity contribution in [2.45, 2.75) is 17.3 Å². The molecule has 0 spiro atoms. The predicted molar refractivity (Wildman–Crippen MR) is 61.6 cm³/mol. The van der Waals surface area contributed by atoms with Gasteiger partial charge in [-0.15, -0.1) is 0 Å². The van der Waals surface area contributed by atoms with Crippen molar-refractivity contribution in [3.63, 3.8) is 0 Å². The first-order valence-electron chi connectivity index (χ1n) is 4.50. The summed E-state index contributed by atoms with van der Waals surface area (Å²) >= 11 is 0. The second-order valence-electron chi connectivity index (χ2n) is 3.19. The lowest BCUT2D eigenvalue weighted by Gasteiger charge is -2.07. The fourth-order valence-corrected chi connectivity index (χ4v) is 3.26. The first kappa shape index (κ1) is 14.8. The summed E-state index contributed by atoms with van der Waals surface area (Å²) in [5.74, 6) is -0.365. The topological polar surface area (TPSA) is 63.2 Å². The summed E-state index contributed by atoms with van der Waals surface area (Å²) in [4.78, 5) is 10.2. The maximum absolute atomic E-state index is 12.0. The van der Waals surface area contributed by atoms with E-state index in [2.05, 4.69) is 5.32 Å². The van der Waals surface area contributed by atoms with Crippen molar-refractivity contribution in [3.05, 3.63) is 24.3 Å². The van der Waals surface area contributed by atoms with Crippen LogP contribution in [0.5, 0.6) is 0 Å². The minimum atomic E-state index is -4.87. The van der Waals surface area contributed by atoms with Gasteiger partial charge in [-0.25, -0.2) is 8.42 Å². The summed E-state index contributed by atoms with van der Waals surface area (Å²) in [5.41, 5.74) is -4.56. The van der Waals surface area contributed by atoms with Gasteiger partial charge in [-0.2, -0.15) is 13.2 Å². The van der Waals surface area contributed by atoms with Crippen LogP contribution in [0.3, 0.4) is 0 Å². The molecule has 1 N–H and O–H groups in total. The average molecular weight is 299 g/mol. The van der Waals surface area contributed by atoms with E-state index >= 15 is 0 Å². The number of benzene rings is 1. The smallest absolute Gasteiger partial charge is 0.326 e. The van der Waals surface area contributed by atoms with Crippen molar-refractivity contribution in [2.24, 2.45) is 0 Å². The third kappa shape index (κ3) is 4.57. The highest BCUT2D eigenvalue weighted by molar-refractivity contribution is 8.72. The Kier molecular flexibility index (Phi) is 4.28. The molecule has 9 heteroatoms. The van der Waals surface area contributed by atoms with Crippen molar-refractivity contribution in [3.8, 4) is 0 Å². The van der Waals surface area contributed by atoms with E-state index in [9.17, 15) is 26.4 Å². The number of nitrogens with one attached hydrogen (secondary N) is 1. The fourth-order valence-electron chi connectivity index (χ4n) is 1.08. The molecule has 0 aliphatic carbocycles. The highest BCUT2D eigenvalue weighted by Crippen LogP contribution is 2.38. The van der Waals surface area contributed by atoms with E-state index < -0.39 is 30.1 Å². The number of carbonyl (C=O) groups is 1. The van der Waals surface area contributed by atoms with Gasteiger partial charge >= 0.3 is 5.51 Å². The maximum atomic E-state index is 12.0. The third-order valence-electron chi connectivity index (χ3n) is 1.67. The molecule has 0 unspecified atom stereocenters. The molecular formula is C9H8F3NO3S2. The zero-order valence-corrected chi connectivity index (χ0v) is 10.6. The van der Waals surface area contributed by atoms with E-state index in [1.165, 1.54) is 19.1 Å². The van der Waals surface area contributed by atoms with Gasteiger partial charge in [0, 0.05) is 12.6 Å². The van der Waals surface area contributed by atoms with E-state index in [0.29, 0.717) is 5.69 Å². The molecule has 1 amide bonds. The molecule has 0 saturated carbocycles. The van der Waals surface area contributed by atoms with Crippen LogP contribution in [0.25, 0.3) is 0 Å². The molecule has 0 aliphatic rings. The molecule has 0 bridgehead atoms. The van der Waals surface area contributed by atoms with Crippen LogP contribution in [0.2, 0.25) is 0 Å². The predicted octanol–water partition coefficient (Wildman–Crippen LogP) is 2.59. The minimum absolute atomic E-state index is 0.304. The van der Waals surface area contributed by atoms with E-state index in [1.807, 2.05) is 0 Å². The number of anilines is 1. The van der Waals surface area contributed by atoms with Crippen LogP contribution < -0.4 is 5.32 Å². The molecule has 4 nitrogen and oxygen atoms in total. The lowest BCUT2D eigenvalue weighted by Crippen LogP contribution is -2.08. The van der Waals surface area contributed by atoms with Crippen LogP contribution in [-0.4, -0.2) is 19.8 Å². The number of halogens is 3. The van der Waals surface area contributed by atoms with E-state index in [-0.39, 0.29) is 5.91 Å². The van der Waals surface area contributed by atoms with Crippen molar-refractivity contribution < 1.29 is 26.4 Å². The number of alkyl halides is 3. The highest BCUT2D eigenvalue weighted by Gasteiger charge is 2.37. The van der Waals surface area contributed by atoms with Crippen LogP contribution in [0.15, 0.2) is 29.2 Å². The number of hydrogen-bond acceptors (Lipinski definition) is 4. The summed E-state index contributed by atoms with van der Waals surface area (Å²) in [5, 5.41) is 2.37. The van der Waals surface area contributed by atoms with Crippen molar-refractivity contribution in [2.75, 3.05) is 5.32 Å². The maximum Gasteiger partial charge on any atom is 0.456 e. The summed E-state index contributed by atoms with van der Waals surface area (Å²) in [7, 11) is -5.57. The van der Waals surface area contributed by atoms with Crippen LogP contribution in [0.1, 0.15) is 6.92 Å². The molecule has 0 aromatic heterocycles. The zero-order chi connectivity index (χ0) is 14.0. The van der Waals surface area contributed by atoms with Gasteiger partial charge in [0.05, 0.1) is 15.7 Å². The largest absolute Gasteiger partial charge is 0.456 e. The summed E-state index contributed by atoms with van der Waals surface area (Å²) < 4.78 is 58.7. The first-order chi connectivity index (χ1) is 8.10. The van der Waals surface area contributed by atoms with Gasteiger partial charge in [0.25, 0.3) is 0 Å². The van der Waals surface area contributed by atoms with Gasteiger partial charge in [-0.1, -0.05) is 0 Å². The lowest BCUT2D eigenvalue weighted by molar-refractivity contribution is -0.114. The Balaban J connectivity index is 2.94. The molecule has 0 saturated heterocycles. The molecule has 18 heavy (non-hydrogen) atoms. The quantitative estimate of drug-likeness (QED) is 0.871. The molecule has 0 heterocycles. The van der Waals surface area contributed by atoms with Gasteiger partial charge in [0.15, 0.2) is 0 Å². The standard InChI is InChI=1S/C9H8F3NO3S2/c1-6(14)13-7-2-4-8(5-3-7)18(15,16)17-9(10,11)12/h2-5H,1H3,(H,13,14). The summed E-state index contributed by atoms with van der Waals surface area (Å²) in [6.45, 7) is 1.25. The number of hydrogen-bond donors (Lipinski definition) is 1. The van der Waals surface area contributed by atoms with Crippen molar-refractivity contribution in [1.82, 2.24) is 0 Å². The SMILES string of the molecule is CC(=O)Nc1ccc(S(=O)(=O)SC(F)(F)F)cc1. The third-order valence-corrected chi connectivity index (χ3v) is 4.73. The number of amides is 1. The highest BCUT2D eigenvalue weighted by atomic mass is 33.1. The Morgan fingerprint density at radius 3 is 2.11 bits per heavy atom. The molecule has 0 fully saturated rings. The van der Waals surface area contributed by atoms with Crippen LogP contribution in [-0.2, 0) is 13.7 Å². The monoisotopic (exact) mass is 299 g/mol. The van der Waals surface area contributed by atoms with Gasteiger partial charge in [-0.05, 0) is 24.3 Å². The van der Waals surface area contributed by atoms with E-state index in [0.717, 1.165) is 12.1 Å². The molecular weight excluding hydrogens is 291 g/mol. The average Bonchev–Trinajstić information content (AvgIpc) is 2.13. The molecule has 0 aliphatic heterocycles. The van der Waals surface area contributed by atoms with Gasteiger partial charge in [-0.3, -0.25) is 4.79 Å². The van der Waals surface area contributed by atoms with Crippen LogP contribution >= 0.6 is 10.8 Å². The number of carbonyl (C=O) groups excluding carboxylic acids is 1. The Hall–Kier alpha value is -1.22. The van der Waals surface area contributed by atoms with Crippen molar-refractivity contribution in [1.29, 1.82) is 0 Å². The summed E-state index contributed by atoms with van der Waals surface area (Å²) in [6.07, 6.45) is 0. The summed E-state index contributed by atoms with van der Waals surface area (Å²) in [6, 6.07) is 4.43. The second kappa shape index (κ2) is 5.19. The van der Waals surface area contributed by atoms with Gasteiger partial charge in [0.1, 0.15) is 0 Å².